The van der Waals surface area contributed by atoms with Gasteiger partial charge in [-0.15, -0.1) is 0 Å². The van der Waals surface area contributed by atoms with Crippen molar-refractivity contribution in [2.75, 3.05) is 6.61 Å². The summed E-state index contributed by atoms with van der Waals surface area (Å²) in [5.41, 5.74) is -1.25. The highest BCUT2D eigenvalue weighted by Crippen LogP contribution is 2.31. The van der Waals surface area contributed by atoms with Crippen molar-refractivity contribution in [1.29, 1.82) is 0 Å². The first-order chi connectivity index (χ1) is 16.5. The first-order valence-electron chi connectivity index (χ1n) is 13.6. The molecule has 1 rings (SSSR count). The molecule has 0 spiro atoms. The van der Waals surface area contributed by atoms with Crippen LogP contribution in [0.15, 0.2) is 28.7 Å². The number of rotatable bonds is 20. The van der Waals surface area contributed by atoms with Crippen molar-refractivity contribution >= 4 is 27.9 Å². The Morgan fingerprint density at radius 1 is 0.676 bits per heavy atom. The van der Waals surface area contributed by atoms with E-state index in [0.29, 0.717) is 25.2 Å². The second kappa shape index (κ2) is 18.9. The third-order valence-electron chi connectivity index (χ3n) is 6.74. The summed E-state index contributed by atoms with van der Waals surface area (Å²) in [7, 11) is 0. The monoisotopic (exact) mass is 538 g/mol. The normalized spacial score (nSPS) is 11.4. The van der Waals surface area contributed by atoms with E-state index in [-0.39, 0.29) is 0 Å². The second-order valence-corrected chi connectivity index (χ2v) is 10.3. The van der Waals surface area contributed by atoms with Crippen LogP contribution in [0.1, 0.15) is 124 Å². The van der Waals surface area contributed by atoms with Gasteiger partial charge in [-0.05, 0) is 43.5 Å². The summed E-state index contributed by atoms with van der Waals surface area (Å²) < 4.78 is 11.9. The molecule has 0 heterocycles. The Kier molecular flexibility index (Phi) is 17.1. The predicted molar refractivity (Wildman–Crippen MR) is 144 cm³/mol. The summed E-state index contributed by atoms with van der Waals surface area (Å²) >= 11 is 3.36. The SMILES string of the molecule is CCCCCCCCCCCCCCCCOC(=O)C(CC)(CC)C(=O)Oc1ccc(Br)cc1. The molecule has 0 aromatic heterocycles. The molecule has 0 saturated carbocycles. The summed E-state index contributed by atoms with van der Waals surface area (Å²) in [4.78, 5) is 25.7. The Bertz CT molecular complexity index is 667. The minimum atomic E-state index is -1.25. The summed E-state index contributed by atoms with van der Waals surface area (Å²) in [5, 5.41) is 0. The number of carbonyl (C=O) groups is 2. The van der Waals surface area contributed by atoms with Crippen LogP contribution in [0.3, 0.4) is 0 Å². The molecule has 1 aromatic carbocycles. The van der Waals surface area contributed by atoms with E-state index in [1.165, 1.54) is 77.0 Å². The minimum absolute atomic E-state index is 0.358. The van der Waals surface area contributed by atoms with Crippen LogP contribution in [-0.2, 0) is 14.3 Å². The molecule has 0 aliphatic rings. The van der Waals surface area contributed by atoms with Crippen molar-refractivity contribution in [3.05, 3.63) is 28.7 Å². The molecule has 0 fully saturated rings. The molecule has 0 unspecified atom stereocenters. The first kappa shape index (κ1) is 30.7. The van der Waals surface area contributed by atoms with Gasteiger partial charge in [-0.1, -0.05) is 120 Å². The summed E-state index contributed by atoms with van der Waals surface area (Å²) in [6.07, 6.45) is 18.7. The highest BCUT2D eigenvalue weighted by molar-refractivity contribution is 9.10. The number of halogens is 1. The van der Waals surface area contributed by atoms with Gasteiger partial charge in [0, 0.05) is 4.47 Å². The average molecular weight is 540 g/mol. The molecular weight excluding hydrogens is 492 g/mol. The van der Waals surface area contributed by atoms with Crippen LogP contribution < -0.4 is 4.74 Å². The van der Waals surface area contributed by atoms with Crippen molar-refractivity contribution < 1.29 is 19.1 Å². The lowest BCUT2D eigenvalue weighted by atomic mass is 9.82. The lowest BCUT2D eigenvalue weighted by Crippen LogP contribution is -2.42. The molecule has 0 atom stereocenters. The topological polar surface area (TPSA) is 52.6 Å². The van der Waals surface area contributed by atoms with Gasteiger partial charge in [0.25, 0.3) is 0 Å². The molecule has 0 N–H and O–H groups in total. The number of hydrogen-bond donors (Lipinski definition) is 0. The van der Waals surface area contributed by atoms with Crippen molar-refractivity contribution in [2.45, 2.75) is 124 Å². The predicted octanol–water partition coefficient (Wildman–Crippen LogP) is 9.19. The van der Waals surface area contributed by atoms with E-state index < -0.39 is 17.4 Å². The van der Waals surface area contributed by atoms with E-state index in [1.54, 1.807) is 24.3 Å². The van der Waals surface area contributed by atoms with Gasteiger partial charge < -0.3 is 9.47 Å². The number of ether oxygens (including phenoxy) is 2. The van der Waals surface area contributed by atoms with Crippen LogP contribution in [0.4, 0.5) is 0 Å². The molecule has 4 nitrogen and oxygen atoms in total. The largest absolute Gasteiger partial charge is 0.465 e. The van der Waals surface area contributed by atoms with E-state index in [2.05, 4.69) is 22.9 Å². The van der Waals surface area contributed by atoms with E-state index in [4.69, 9.17) is 9.47 Å². The number of hydrogen-bond acceptors (Lipinski definition) is 4. The maximum Gasteiger partial charge on any atom is 0.328 e. The fourth-order valence-corrected chi connectivity index (χ4v) is 4.48. The molecule has 0 bridgehead atoms. The van der Waals surface area contributed by atoms with Crippen molar-refractivity contribution in [2.24, 2.45) is 5.41 Å². The molecule has 0 aliphatic carbocycles. The molecule has 0 aliphatic heterocycles. The highest BCUT2D eigenvalue weighted by atomic mass is 79.9. The molecule has 5 heteroatoms. The molecule has 1 aromatic rings. The summed E-state index contributed by atoms with van der Waals surface area (Å²) in [5.74, 6) is -0.570. The van der Waals surface area contributed by atoms with Crippen LogP contribution >= 0.6 is 15.9 Å². The minimum Gasteiger partial charge on any atom is -0.465 e. The van der Waals surface area contributed by atoms with E-state index >= 15 is 0 Å². The Labute approximate surface area is 216 Å². The second-order valence-electron chi connectivity index (χ2n) is 9.36. The van der Waals surface area contributed by atoms with Crippen molar-refractivity contribution in [3.63, 3.8) is 0 Å². The quantitative estimate of drug-likeness (QED) is 0.0717. The fourth-order valence-electron chi connectivity index (χ4n) is 4.22. The zero-order valence-corrected chi connectivity index (χ0v) is 23.4. The van der Waals surface area contributed by atoms with Gasteiger partial charge >= 0.3 is 11.9 Å². The molecule has 0 radical (unpaired) electrons. The lowest BCUT2D eigenvalue weighted by Gasteiger charge is -2.26. The summed E-state index contributed by atoms with van der Waals surface area (Å²) in [6.45, 7) is 6.30. The lowest BCUT2D eigenvalue weighted by molar-refractivity contribution is -0.168. The highest BCUT2D eigenvalue weighted by Gasteiger charge is 2.46. The van der Waals surface area contributed by atoms with E-state index in [0.717, 1.165) is 17.3 Å². The Balaban J connectivity index is 2.17. The Hall–Kier alpha value is -1.36. The Morgan fingerprint density at radius 3 is 1.56 bits per heavy atom. The fraction of sp³-hybridized carbons (Fsp3) is 0.724. The van der Waals surface area contributed by atoms with Crippen LogP contribution in [-0.4, -0.2) is 18.5 Å². The van der Waals surface area contributed by atoms with Crippen molar-refractivity contribution in [1.82, 2.24) is 0 Å². The van der Waals surface area contributed by atoms with Gasteiger partial charge in [0.15, 0.2) is 5.41 Å². The molecule has 0 saturated heterocycles. The van der Waals surface area contributed by atoms with Gasteiger partial charge in [0.1, 0.15) is 5.75 Å². The molecular formula is C29H47BrO4. The average Bonchev–Trinajstić information content (AvgIpc) is 2.84. The van der Waals surface area contributed by atoms with Crippen molar-refractivity contribution in [3.8, 4) is 5.75 Å². The number of benzene rings is 1. The maximum atomic E-state index is 12.8. The standard InChI is InChI=1S/C29H47BrO4/c1-4-7-8-9-10-11-12-13-14-15-16-17-18-19-24-33-27(31)29(5-2,6-3)28(32)34-26-22-20-25(30)21-23-26/h20-23H,4-19,24H2,1-3H3. The number of unbranched alkanes of at least 4 members (excludes halogenated alkanes) is 13. The molecule has 194 valence electrons. The third-order valence-corrected chi connectivity index (χ3v) is 7.27. The zero-order chi connectivity index (χ0) is 25.1. The molecule has 34 heavy (non-hydrogen) atoms. The molecule has 0 amide bonds. The van der Waals surface area contributed by atoms with E-state index in [9.17, 15) is 9.59 Å². The first-order valence-corrected chi connectivity index (χ1v) is 14.4. The zero-order valence-electron chi connectivity index (χ0n) is 21.8. The Morgan fingerprint density at radius 2 is 1.12 bits per heavy atom. The maximum absolute atomic E-state index is 12.8. The van der Waals surface area contributed by atoms with Crippen LogP contribution in [0, 0.1) is 5.41 Å². The van der Waals surface area contributed by atoms with Gasteiger partial charge in [0.2, 0.25) is 0 Å². The number of esters is 2. The van der Waals surface area contributed by atoms with E-state index in [1.807, 2.05) is 13.8 Å². The van der Waals surface area contributed by atoms with Gasteiger partial charge in [-0.25, -0.2) is 0 Å². The number of carbonyl (C=O) groups excluding carboxylic acids is 2. The van der Waals surface area contributed by atoms with Gasteiger partial charge in [0.05, 0.1) is 6.61 Å². The smallest absolute Gasteiger partial charge is 0.328 e. The third kappa shape index (κ3) is 11.9. The summed E-state index contributed by atoms with van der Waals surface area (Å²) in [6, 6.07) is 7.02. The van der Waals surface area contributed by atoms with Crippen LogP contribution in [0.5, 0.6) is 5.75 Å². The van der Waals surface area contributed by atoms with Crippen LogP contribution in [0.2, 0.25) is 0 Å². The van der Waals surface area contributed by atoms with Gasteiger partial charge in [-0.2, -0.15) is 0 Å². The van der Waals surface area contributed by atoms with Gasteiger partial charge in [-0.3, -0.25) is 9.59 Å². The van der Waals surface area contributed by atoms with Crippen LogP contribution in [0.25, 0.3) is 0 Å².